The first-order valence-corrected chi connectivity index (χ1v) is 11.2. The van der Waals surface area contributed by atoms with Gasteiger partial charge in [-0.1, -0.05) is 23.5 Å². The Morgan fingerprint density at radius 1 is 1.03 bits per heavy atom. The molecule has 4 rings (SSSR count). The Labute approximate surface area is 207 Å². The molecular formula is C25H18F3N3O4S. The molecule has 0 spiro atoms. The first kappa shape index (κ1) is 24.8. The highest BCUT2D eigenvalue weighted by molar-refractivity contribution is 7.22. The van der Waals surface area contributed by atoms with Crippen LogP contribution in [0.5, 0.6) is 17.2 Å². The van der Waals surface area contributed by atoms with Gasteiger partial charge in [0, 0.05) is 17.7 Å². The molecular weight excluding hydrogens is 495 g/mol. The van der Waals surface area contributed by atoms with E-state index in [1.54, 1.807) is 12.1 Å². The number of methoxy groups -OCH3 is 2. The molecule has 11 heteroatoms. The van der Waals surface area contributed by atoms with Crippen molar-refractivity contribution in [1.82, 2.24) is 4.98 Å². The number of hydrogen-bond acceptors (Lipinski definition) is 7. The van der Waals surface area contributed by atoms with E-state index in [0.29, 0.717) is 22.6 Å². The molecule has 1 amide bonds. The van der Waals surface area contributed by atoms with Crippen molar-refractivity contribution < 1.29 is 32.2 Å². The smallest absolute Gasteiger partial charge is 0.416 e. The molecule has 1 atom stereocenters. The number of carbonyl (C=O) groups is 1. The number of amides is 1. The molecule has 0 bridgehead atoms. The lowest BCUT2D eigenvalue weighted by molar-refractivity contribution is -0.137. The van der Waals surface area contributed by atoms with Gasteiger partial charge in [0.05, 0.1) is 41.6 Å². The lowest BCUT2D eigenvalue weighted by atomic mass is 10.1. The van der Waals surface area contributed by atoms with Crippen LogP contribution in [0, 0.1) is 11.3 Å². The van der Waals surface area contributed by atoms with Crippen molar-refractivity contribution in [1.29, 1.82) is 5.26 Å². The normalized spacial score (nSPS) is 12.0. The summed E-state index contributed by atoms with van der Waals surface area (Å²) < 4.78 is 56.2. The third-order valence-electron chi connectivity index (χ3n) is 5.14. The van der Waals surface area contributed by atoms with Crippen molar-refractivity contribution in [3.63, 3.8) is 0 Å². The van der Waals surface area contributed by atoms with Crippen molar-refractivity contribution in [3.8, 4) is 23.3 Å². The zero-order valence-corrected chi connectivity index (χ0v) is 19.7. The van der Waals surface area contributed by atoms with Gasteiger partial charge in [-0.25, -0.2) is 4.98 Å². The summed E-state index contributed by atoms with van der Waals surface area (Å²) >= 11 is 1.19. The summed E-state index contributed by atoms with van der Waals surface area (Å²) in [5.41, 5.74) is 0.303. The highest BCUT2D eigenvalue weighted by atomic mass is 32.1. The minimum atomic E-state index is -4.52. The Kier molecular flexibility index (Phi) is 6.98. The van der Waals surface area contributed by atoms with Gasteiger partial charge in [0.1, 0.15) is 5.75 Å². The second-order valence-corrected chi connectivity index (χ2v) is 8.47. The molecule has 3 aromatic carbocycles. The maximum atomic E-state index is 13.3. The fourth-order valence-corrected chi connectivity index (χ4v) is 4.22. The third kappa shape index (κ3) is 5.34. The summed E-state index contributed by atoms with van der Waals surface area (Å²) in [6.45, 7) is 0. The van der Waals surface area contributed by atoms with E-state index in [1.807, 2.05) is 6.07 Å². The summed E-state index contributed by atoms with van der Waals surface area (Å²) in [5.74, 6) is 0.586. The highest BCUT2D eigenvalue weighted by Gasteiger charge is 2.31. The minimum Gasteiger partial charge on any atom is -0.493 e. The zero-order chi connectivity index (χ0) is 25.9. The molecule has 0 radical (unpaired) electrons. The summed E-state index contributed by atoms with van der Waals surface area (Å²) in [7, 11) is 3.00. The van der Waals surface area contributed by atoms with Gasteiger partial charge in [-0.2, -0.15) is 18.4 Å². The van der Waals surface area contributed by atoms with Gasteiger partial charge in [0.15, 0.2) is 16.6 Å². The molecule has 184 valence electrons. The van der Waals surface area contributed by atoms with E-state index < -0.39 is 23.8 Å². The number of hydrogen-bond donors (Lipinski definition) is 1. The zero-order valence-electron chi connectivity index (χ0n) is 18.9. The van der Waals surface area contributed by atoms with Crippen LogP contribution in [-0.4, -0.2) is 25.1 Å². The molecule has 1 unspecified atom stereocenters. The fraction of sp³-hybridized carbons (Fsp3) is 0.160. The van der Waals surface area contributed by atoms with Gasteiger partial charge >= 0.3 is 6.18 Å². The Bertz CT molecular complexity index is 1390. The van der Waals surface area contributed by atoms with E-state index >= 15 is 0 Å². The van der Waals surface area contributed by atoms with Gasteiger partial charge in [-0.05, 0) is 36.4 Å². The molecule has 0 fully saturated rings. The number of nitrogens with one attached hydrogen (secondary N) is 1. The molecule has 36 heavy (non-hydrogen) atoms. The largest absolute Gasteiger partial charge is 0.493 e. The van der Waals surface area contributed by atoms with Crippen molar-refractivity contribution in [3.05, 3.63) is 77.4 Å². The lowest BCUT2D eigenvalue weighted by Crippen LogP contribution is -2.25. The lowest BCUT2D eigenvalue weighted by Gasteiger charge is -2.19. The van der Waals surface area contributed by atoms with Crippen LogP contribution >= 0.6 is 11.3 Å². The number of halogens is 3. The van der Waals surface area contributed by atoms with Crippen LogP contribution in [0.1, 0.15) is 22.8 Å². The molecule has 7 nitrogen and oxygen atoms in total. The standard InChI is InChI=1S/C25H18F3N3O4S/c1-33-19-11-18-21(12-20(19)34-2)36-24(30-18)31-23(32)22(35-17-9-3-14(13-29)4-10-17)15-5-7-16(8-6-15)25(26,27)28/h3-12,22H,1-2H3,(H,30,31,32). The summed E-state index contributed by atoms with van der Waals surface area (Å²) in [6.07, 6.45) is -5.82. The van der Waals surface area contributed by atoms with Crippen LogP contribution in [0.2, 0.25) is 0 Å². The molecule has 0 saturated heterocycles. The van der Waals surface area contributed by atoms with Crippen LogP contribution < -0.4 is 19.5 Å². The van der Waals surface area contributed by atoms with Crippen molar-refractivity contribution >= 4 is 32.6 Å². The third-order valence-corrected chi connectivity index (χ3v) is 6.07. The SMILES string of the molecule is COc1cc2nc(NC(=O)C(Oc3ccc(C#N)cc3)c3ccc(C(F)(F)F)cc3)sc2cc1OC. The first-order valence-electron chi connectivity index (χ1n) is 10.4. The van der Waals surface area contributed by atoms with Crippen molar-refractivity contribution in [2.45, 2.75) is 12.3 Å². The average molecular weight is 513 g/mol. The second kappa shape index (κ2) is 10.1. The van der Waals surface area contributed by atoms with Gasteiger partial charge in [-0.3, -0.25) is 10.1 Å². The highest BCUT2D eigenvalue weighted by Crippen LogP contribution is 2.37. The molecule has 0 aliphatic carbocycles. The van der Waals surface area contributed by atoms with Crippen LogP contribution in [0.4, 0.5) is 18.3 Å². The number of aromatic nitrogens is 1. The van der Waals surface area contributed by atoms with E-state index in [2.05, 4.69) is 10.3 Å². The number of fused-ring (bicyclic) bond motifs is 1. The summed E-state index contributed by atoms with van der Waals surface area (Å²) in [6, 6.07) is 15.5. The van der Waals surface area contributed by atoms with Gasteiger partial charge in [0.25, 0.3) is 5.91 Å². The molecule has 0 aliphatic heterocycles. The topological polar surface area (TPSA) is 93.5 Å². The number of alkyl halides is 3. The van der Waals surface area contributed by atoms with E-state index in [9.17, 15) is 18.0 Å². The Balaban J connectivity index is 1.65. The Hall–Kier alpha value is -4.30. The molecule has 4 aromatic rings. The maximum Gasteiger partial charge on any atom is 0.416 e. The number of benzene rings is 3. The van der Waals surface area contributed by atoms with Crippen LogP contribution in [0.25, 0.3) is 10.2 Å². The molecule has 1 aromatic heterocycles. The number of nitrogens with zero attached hydrogens (tertiary/aromatic N) is 2. The molecule has 0 saturated carbocycles. The van der Waals surface area contributed by atoms with E-state index in [-0.39, 0.29) is 16.4 Å². The first-order chi connectivity index (χ1) is 17.2. The van der Waals surface area contributed by atoms with Gasteiger partial charge in [0.2, 0.25) is 6.10 Å². The number of nitriles is 1. The van der Waals surface area contributed by atoms with Crippen molar-refractivity contribution in [2.24, 2.45) is 0 Å². The average Bonchev–Trinajstić information content (AvgIpc) is 3.27. The Morgan fingerprint density at radius 3 is 2.25 bits per heavy atom. The predicted octanol–water partition coefficient (Wildman–Crippen LogP) is 5.96. The molecule has 0 aliphatic rings. The summed E-state index contributed by atoms with van der Waals surface area (Å²) in [5, 5.41) is 11.9. The van der Waals surface area contributed by atoms with Crippen molar-refractivity contribution in [2.75, 3.05) is 19.5 Å². The minimum absolute atomic E-state index is 0.203. The predicted molar refractivity (Wildman–Crippen MR) is 127 cm³/mol. The van der Waals surface area contributed by atoms with Crippen LogP contribution in [-0.2, 0) is 11.0 Å². The maximum absolute atomic E-state index is 13.3. The number of anilines is 1. The molecule has 1 heterocycles. The van der Waals surface area contributed by atoms with E-state index in [1.165, 1.54) is 62.0 Å². The van der Waals surface area contributed by atoms with E-state index in [4.69, 9.17) is 19.5 Å². The van der Waals surface area contributed by atoms with Gasteiger partial charge in [-0.15, -0.1) is 0 Å². The Morgan fingerprint density at radius 2 is 1.67 bits per heavy atom. The second-order valence-electron chi connectivity index (χ2n) is 7.44. The number of ether oxygens (including phenoxy) is 3. The summed E-state index contributed by atoms with van der Waals surface area (Å²) in [4.78, 5) is 17.7. The number of rotatable bonds is 7. The number of carbonyl (C=O) groups excluding carboxylic acids is 1. The monoisotopic (exact) mass is 513 g/mol. The van der Waals surface area contributed by atoms with E-state index in [0.717, 1.165) is 16.8 Å². The molecule has 1 N–H and O–H groups in total. The quantitative estimate of drug-likeness (QED) is 0.328. The van der Waals surface area contributed by atoms with Crippen LogP contribution in [0.3, 0.4) is 0 Å². The number of thiazole rings is 1. The van der Waals surface area contributed by atoms with Gasteiger partial charge < -0.3 is 14.2 Å². The van der Waals surface area contributed by atoms with Crippen LogP contribution in [0.15, 0.2) is 60.7 Å². The fourth-order valence-electron chi connectivity index (χ4n) is 3.34.